The molecule has 3 aromatic rings. The van der Waals surface area contributed by atoms with E-state index in [9.17, 15) is 14.4 Å². The van der Waals surface area contributed by atoms with Crippen LogP contribution in [0.4, 0.5) is 17.2 Å². The van der Waals surface area contributed by atoms with Crippen LogP contribution >= 0.6 is 0 Å². The summed E-state index contributed by atoms with van der Waals surface area (Å²) in [6, 6.07) is 6.89. The Morgan fingerprint density at radius 2 is 1.84 bits per heavy atom. The number of hydrogen-bond acceptors (Lipinski definition) is 11. The van der Waals surface area contributed by atoms with Gasteiger partial charge in [0.15, 0.2) is 17.3 Å². The first kappa shape index (κ1) is 29.7. The Morgan fingerprint density at radius 3 is 2.50 bits per heavy atom. The summed E-state index contributed by atoms with van der Waals surface area (Å²) in [6.45, 7) is 2.09. The van der Waals surface area contributed by atoms with Gasteiger partial charge in [-0.05, 0) is 43.1 Å². The number of carbonyl (C=O) groups excluding carboxylic acids is 3. The lowest BCUT2D eigenvalue weighted by molar-refractivity contribution is -0.138. The summed E-state index contributed by atoms with van der Waals surface area (Å²) >= 11 is 0. The summed E-state index contributed by atoms with van der Waals surface area (Å²) in [7, 11) is 7.10. The Hall–Kier alpha value is -4.40. The SMILES string of the molecule is BC(B)(B)NC(=O)c1nnc(NC(=O)C2CC2)cc1Nc1cccc(-c2noc(C3(C(=O)N4CCOCC4)CC3)n2)c1OC. The molecule has 2 saturated carbocycles. The monoisotopic (exact) mass is 598 g/mol. The van der Waals surface area contributed by atoms with E-state index in [0.717, 1.165) is 12.8 Å². The van der Waals surface area contributed by atoms with Crippen LogP contribution in [-0.2, 0) is 19.7 Å². The number of rotatable bonds is 10. The Kier molecular flexibility index (Phi) is 7.82. The van der Waals surface area contributed by atoms with Gasteiger partial charge in [0.2, 0.25) is 23.5 Å². The fourth-order valence-electron chi connectivity index (χ4n) is 5.11. The van der Waals surface area contributed by atoms with Crippen LogP contribution in [0.3, 0.4) is 0 Å². The molecule has 0 bridgehead atoms. The molecule has 0 unspecified atom stereocenters. The van der Waals surface area contributed by atoms with Gasteiger partial charge in [-0.3, -0.25) is 14.4 Å². The van der Waals surface area contributed by atoms with Gasteiger partial charge < -0.3 is 34.8 Å². The van der Waals surface area contributed by atoms with E-state index in [2.05, 4.69) is 36.3 Å². The van der Waals surface area contributed by atoms with Gasteiger partial charge in [-0.25, -0.2) is 0 Å². The van der Waals surface area contributed by atoms with E-state index in [0.29, 0.717) is 61.8 Å². The van der Waals surface area contributed by atoms with Crippen molar-refractivity contribution in [3.05, 3.63) is 35.9 Å². The number of aromatic nitrogens is 4. The van der Waals surface area contributed by atoms with Crippen molar-refractivity contribution in [3.63, 3.8) is 0 Å². The van der Waals surface area contributed by atoms with E-state index in [-0.39, 0.29) is 41.0 Å². The number of ether oxygens (including phenoxy) is 2. The number of hydrogen-bond donors (Lipinski definition) is 3. The van der Waals surface area contributed by atoms with Crippen LogP contribution in [0.15, 0.2) is 28.8 Å². The minimum Gasteiger partial charge on any atom is -0.494 e. The highest BCUT2D eigenvalue weighted by atomic mass is 16.5. The molecule has 0 atom stereocenters. The van der Waals surface area contributed by atoms with Crippen molar-refractivity contribution in [2.45, 2.75) is 36.3 Å². The van der Waals surface area contributed by atoms with E-state index in [1.54, 1.807) is 29.2 Å². The number of nitrogens with zero attached hydrogens (tertiary/aromatic N) is 5. The minimum atomic E-state index is -0.814. The van der Waals surface area contributed by atoms with Gasteiger partial charge in [0.05, 0.1) is 37.3 Å². The number of benzene rings is 1. The maximum absolute atomic E-state index is 13.4. The number of anilines is 3. The van der Waals surface area contributed by atoms with Crippen molar-refractivity contribution in [1.29, 1.82) is 0 Å². The number of carbonyl (C=O) groups is 3. The Balaban J connectivity index is 1.30. The van der Waals surface area contributed by atoms with Crippen molar-refractivity contribution >= 4 is 58.5 Å². The number of para-hydroxylation sites is 1. The first-order valence-corrected chi connectivity index (χ1v) is 14.7. The van der Waals surface area contributed by atoms with Crippen molar-refractivity contribution in [3.8, 4) is 17.1 Å². The molecule has 3 amide bonds. The van der Waals surface area contributed by atoms with Gasteiger partial charge in [-0.15, -0.1) is 10.2 Å². The number of nitrogens with one attached hydrogen (secondary N) is 3. The normalized spacial score (nSPS) is 17.4. The zero-order chi connectivity index (χ0) is 31.1. The van der Waals surface area contributed by atoms with Crippen molar-refractivity contribution < 1.29 is 28.4 Å². The van der Waals surface area contributed by atoms with E-state index in [1.807, 2.05) is 23.5 Å². The van der Waals surface area contributed by atoms with E-state index in [1.165, 1.54) is 7.11 Å². The highest BCUT2D eigenvalue weighted by Crippen LogP contribution is 2.50. The second kappa shape index (κ2) is 11.6. The largest absolute Gasteiger partial charge is 0.494 e. The minimum absolute atomic E-state index is 0.0192. The van der Waals surface area contributed by atoms with Crippen molar-refractivity contribution in [1.82, 2.24) is 30.6 Å². The van der Waals surface area contributed by atoms with Crippen LogP contribution < -0.4 is 20.7 Å². The van der Waals surface area contributed by atoms with Gasteiger partial charge in [0.25, 0.3) is 5.91 Å². The van der Waals surface area contributed by atoms with Gasteiger partial charge >= 0.3 is 0 Å². The second-order valence-corrected chi connectivity index (χ2v) is 12.4. The average molecular weight is 598 g/mol. The third-order valence-electron chi connectivity index (χ3n) is 7.72. The van der Waals surface area contributed by atoms with E-state index < -0.39 is 16.6 Å². The van der Waals surface area contributed by atoms with Gasteiger partial charge in [0.1, 0.15) is 29.0 Å². The maximum Gasteiger partial charge on any atom is 0.272 e. The molecule has 2 aliphatic carbocycles. The highest BCUT2D eigenvalue weighted by molar-refractivity contribution is 6.60. The Bertz CT molecular complexity index is 1600. The Morgan fingerprint density at radius 1 is 1.09 bits per heavy atom. The molecule has 17 heteroatoms. The fraction of sp³-hybridized carbons (Fsp3) is 0.444. The summed E-state index contributed by atoms with van der Waals surface area (Å²) in [5.41, 5.74) is 0.540. The van der Waals surface area contributed by atoms with E-state index >= 15 is 0 Å². The predicted molar refractivity (Wildman–Crippen MR) is 167 cm³/mol. The van der Waals surface area contributed by atoms with Crippen LogP contribution in [0.5, 0.6) is 5.75 Å². The quantitative estimate of drug-likeness (QED) is 0.238. The summed E-state index contributed by atoms with van der Waals surface area (Å²) in [4.78, 5) is 45.4. The lowest BCUT2D eigenvalue weighted by Gasteiger charge is -2.29. The molecule has 44 heavy (non-hydrogen) atoms. The summed E-state index contributed by atoms with van der Waals surface area (Å²) in [5, 5.41) is 20.8. The number of morpholine rings is 1. The molecule has 3 N–H and O–H groups in total. The molecule has 226 valence electrons. The summed E-state index contributed by atoms with van der Waals surface area (Å²) in [5.74, 6) is 0.510. The molecule has 6 rings (SSSR count). The van der Waals surface area contributed by atoms with Crippen molar-refractivity contribution in [2.75, 3.05) is 44.0 Å². The van der Waals surface area contributed by atoms with Gasteiger partial charge in [0, 0.05) is 25.1 Å². The first-order chi connectivity index (χ1) is 21.1. The molecule has 0 radical (unpaired) electrons. The molecule has 0 spiro atoms. The third-order valence-corrected chi connectivity index (χ3v) is 7.72. The number of methoxy groups -OCH3 is 1. The Labute approximate surface area is 256 Å². The van der Waals surface area contributed by atoms with Crippen LogP contribution in [0, 0.1) is 5.92 Å². The molecule has 1 saturated heterocycles. The molecule has 3 aliphatic rings. The van der Waals surface area contributed by atoms with Crippen LogP contribution in [0.1, 0.15) is 42.1 Å². The van der Waals surface area contributed by atoms with E-state index in [4.69, 9.17) is 14.0 Å². The molecule has 1 aromatic carbocycles. The van der Waals surface area contributed by atoms with Crippen molar-refractivity contribution in [2.24, 2.45) is 5.92 Å². The summed E-state index contributed by atoms with van der Waals surface area (Å²) < 4.78 is 16.8. The zero-order valence-electron chi connectivity index (χ0n) is 25.2. The lowest BCUT2D eigenvalue weighted by Crippen LogP contribution is -2.50. The molecule has 14 nitrogen and oxygen atoms in total. The second-order valence-electron chi connectivity index (χ2n) is 12.4. The van der Waals surface area contributed by atoms with Crippen LogP contribution in [0.25, 0.3) is 11.4 Å². The predicted octanol–water partition coefficient (Wildman–Crippen LogP) is -1.24. The van der Waals surface area contributed by atoms with Gasteiger partial charge in [-0.1, -0.05) is 11.2 Å². The molecular formula is C27H33B3N8O6. The topological polar surface area (TPSA) is 174 Å². The lowest BCUT2D eigenvalue weighted by atomic mass is 9.49. The highest BCUT2D eigenvalue weighted by Gasteiger charge is 2.58. The van der Waals surface area contributed by atoms with Gasteiger partial charge in [-0.2, -0.15) is 4.98 Å². The van der Waals surface area contributed by atoms with Crippen LogP contribution in [0.2, 0.25) is 0 Å². The fourth-order valence-corrected chi connectivity index (χ4v) is 5.11. The molecule has 3 heterocycles. The molecular weight excluding hydrogens is 565 g/mol. The number of amides is 3. The summed E-state index contributed by atoms with van der Waals surface area (Å²) in [6.07, 6.45) is 2.94. The first-order valence-electron chi connectivity index (χ1n) is 14.7. The smallest absolute Gasteiger partial charge is 0.272 e. The van der Waals surface area contributed by atoms with Crippen LogP contribution in [-0.4, -0.2) is 105 Å². The zero-order valence-corrected chi connectivity index (χ0v) is 25.2. The molecule has 2 aromatic heterocycles. The third kappa shape index (κ3) is 6.14. The average Bonchev–Trinajstić information content (AvgIpc) is 3.94. The molecule has 1 aliphatic heterocycles. The standard InChI is InChI=1S/C27H33B3N8O6/c1-42-20-15(21-33-24(44-37-21)26(7-8-26)25(41)38-9-11-43-12-10-38)3-2-4-16(20)31-17-13-18(32-22(39)14-5-6-14)35-36-19(17)23(40)34-27(28,29)30/h2-4,13-14H,5-12,28-30H2,1H3,(H,34,40)(H2,31,32,35,39). The maximum atomic E-state index is 13.4. The molecule has 3 fully saturated rings.